The molecule has 1 amide bonds. The molecule has 0 aliphatic rings. The van der Waals surface area contributed by atoms with Crippen molar-refractivity contribution in [2.24, 2.45) is 0 Å². The van der Waals surface area contributed by atoms with Gasteiger partial charge < -0.3 is 14.6 Å². The summed E-state index contributed by atoms with van der Waals surface area (Å²) in [6, 6.07) is 20.6. The summed E-state index contributed by atoms with van der Waals surface area (Å²) < 4.78 is 4.78. The van der Waals surface area contributed by atoms with Crippen molar-refractivity contribution in [3.63, 3.8) is 0 Å². The molecule has 2 heterocycles. The highest BCUT2D eigenvalue weighted by atomic mass is 32.2. The SMILES string of the molecule is COC(=O)c1cc(C)nc2nc(SCC(=O)N(Cc3ccccc3)c3ccccc3)[nH]c(=O)c12. The molecule has 0 saturated heterocycles. The lowest BCUT2D eigenvalue weighted by Gasteiger charge is -2.23. The number of H-pyrrole nitrogens is 1. The first-order chi connectivity index (χ1) is 16.5. The lowest BCUT2D eigenvalue weighted by atomic mass is 10.1. The van der Waals surface area contributed by atoms with Crippen molar-refractivity contribution in [3.8, 4) is 0 Å². The normalized spacial score (nSPS) is 10.8. The first-order valence-corrected chi connectivity index (χ1v) is 11.5. The zero-order chi connectivity index (χ0) is 24.1. The molecule has 9 heteroatoms. The number of thioether (sulfide) groups is 1. The van der Waals surface area contributed by atoms with Gasteiger partial charge in [0.1, 0.15) is 0 Å². The summed E-state index contributed by atoms with van der Waals surface area (Å²) in [7, 11) is 1.25. The number of benzene rings is 2. The van der Waals surface area contributed by atoms with Gasteiger partial charge in [0.2, 0.25) is 5.91 Å². The number of aryl methyl sites for hydroxylation is 1. The standard InChI is InChI=1S/C25H22N4O4S/c1-16-13-19(24(32)33-2)21-22(26-16)27-25(28-23(21)31)34-15-20(30)29(18-11-7-4-8-12-18)14-17-9-5-3-6-10-17/h3-13H,14-15H2,1-2H3,(H,26,27,28,31). The van der Waals surface area contributed by atoms with Crippen LogP contribution in [0.1, 0.15) is 21.6 Å². The second-order valence-electron chi connectivity index (χ2n) is 7.46. The Morgan fingerprint density at radius 1 is 1.03 bits per heavy atom. The number of carbonyl (C=O) groups is 2. The van der Waals surface area contributed by atoms with Crippen LogP contribution in [0.2, 0.25) is 0 Å². The molecule has 2 aromatic heterocycles. The van der Waals surface area contributed by atoms with Gasteiger partial charge in [0.25, 0.3) is 5.56 Å². The van der Waals surface area contributed by atoms with Crippen LogP contribution >= 0.6 is 11.8 Å². The summed E-state index contributed by atoms with van der Waals surface area (Å²) in [4.78, 5) is 51.1. The fraction of sp³-hybridized carbons (Fsp3) is 0.160. The zero-order valence-corrected chi connectivity index (χ0v) is 19.5. The molecule has 172 valence electrons. The van der Waals surface area contributed by atoms with Crippen molar-refractivity contribution in [2.75, 3.05) is 17.8 Å². The van der Waals surface area contributed by atoms with Gasteiger partial charge in [0.05, 0.1) is 30.4 Å². The number of aromatic amines is 1. The molecule has 0 atom stereocenters. The van der Waals surface area contributed by atoms with E-state index >= 15 is 0 Å². The first-order valence-electron chi connectivity index (χ1n) is 10.5. The predicted molar refractivity (Wildman–Crippen MR) is 131 cm³/mol. The van der Waals surface area contributed by atoms with Gasteiger partial charge in [-0.05, 0) is 30.7 Å². The lowest BCUT2D eigenvalue weighted by Crippen LogP contribution is -2.32. The number of amides is 1. The number of para-hydroxylation sites is 1. The highest BCUT2D eigenvalue weighted by Crippen LogP contribution is 2.22. The molecule has 0 bridgehead atoms. The number of pyridine rings is 1. The highest BCUT2D eigenvalue weighted by molar-refractivity contribution is 7.99. The number of hydrogen-bond donors (Lipinski definition) is 1. The van der Waals surface area contributed by atoms with Crippen LogP contribution < -0.4 is 10.5 Å². The Hall–Kier alpha value is -3.98. The molecular formula is C25H22N4O4S. The van der Waals surface area contributed by atoms with Gasteiger partial charge in [-0.2, -0.15) is 0 Å². The van der Waals surface area contributed by atoms with Crippen LogP contribution in [0.15, 0.2) is 76.7 Å². The molecule has 0 aliphatic heterocycles. The van der Waals surface area contributed by atoms with Crippen LogP contribution in [0.5, 0.6) is 0 Å². The molecule has 8 nitrogen and oxygen atoms in total. The molecule has 4 aromatic rings. The number of nitrogens with one attached hydrogen (secondary N) is 1. The van der Waals surface area contributed by atoms with Crippen molar-refractivity contribution in [1.29, 1.82) is 0 Å². The van der Waals surface area contributed by atoms with E-state index in [9.17, 15) is 14.4 Å². The lowest BCUT2D eigenvalue weighted by molar-refractivity contribution is -0.116. The third-order valence-corrected chi connectivity index (χ3v) is 5.93. The van der Waals surface area contributed by atoms with Gasteiger partial charge in [-0.3, -0.25) is 9.59 Å². The molecule has 0 aliphatic carbocycles. The second-order valence-corrected chi connectivity index (χ2v) is 8.43. The van der Waals surface area contributed by atoms with Crippen molar-refractivity contribution in [1.82, 2.24) is 15.0 Å². The average molecular weight is 475 g/mol. The van der Waals surface area contributed by atoms with Gasteiger partial charge in [-0.15, -0.1) is 0 Å². The van der Waals surface area contributed by atoms with Gasteiger partial charge in [-0.1, -0.05) is 60.3 Å². The van der Waals surface area contributed by atoms with Crippen LogP contribution in [0.25, 0.3) is 11.0 Å². The smallest absolute Gasteiger partial charge is 0.338 e. The molecule has 1 N–H and O–H groups in total. The third-order valence-electron chi connectivity index (χ3n) is 5.07. The maximum atomic E-state index is 13.2. The van der Waals surface area contributed by atoms with Crippen LogP contribution in [-0.4, -0.2) is 39.7 Å². The Morgan fingerprint density at radius 2 is 1.71 bits per heavy atom. The van der Waals surface area contributed by atoms with Gasteiger partial charge in [0, 0.05) is 11.4 Å². The molecule has 34 heavy (non-hydrogen) atoms. The minimum atomic E-state index is -0.641. The van der Waals surface area contributed by atoms with Crippen molar-refractivity contribution in [2.45, 2.75) is 18.6 Å². The molecule has 0 spiro atoms. The summed E-state index contributed by atoms with van der Waals surface area (Å²) in [6.07, 6.45) is 0. The maximum absolute atomic E-state index is 13.2. The summed E-state index contributed by atoms with van der Waals surface area (Å²) >= 11 is 1.10. The van der Waals surface area contributed by atoms with Gasteiger partial charge in [0.15, 0.2) is 10.8 Å². The first kappa shape index (κ1) is 23.2. The summed E-state index contributed by atoms with van der Waals surface area (Å²) in [6.45, 7) is 2.11. The van der Waals surface area contributed by atoms with E-state index in [4.69, 9.17) is 4.74 Å². The zero-order valence-electron chi connectivity index (χ0n) is 18.6. The van der Waals surface area contributed by atoms with Gasteiger partial charge in [-0.25, -0.2) is 14.8 Å². The summed E-state index contributed by atoms with van der Waals surface area (Å²) in [5.74, 6) is -0.737. The minimum absolute atomic E-state index is 0.0475. The second kappa shape index (κ2) is 10.3. The van der Waals surface area contributed by atoms with E-state index in [1.165, 1.54) is 13.2 Å². The fourth-order valence-corrected chi connectivity index (χ4v) is 4.22. The third kappa shape index (κ3) is 5.15. The van der Waals surface area contributed by atoms with E-state index in [0.29, 0.717) is 12.2 Å². The van der Waals surface area contributed by atoms with E-state index in [2.05, 4.69) is 15.0 Å². The summed E-state index contributed by atoms with van der Waals surface area (Å²) in [5, 5.41) is 0.301. The largest absolute Gasteiger partial charge is 0.465 e. The van der Waals surface area contributed by atoms with Crippen LogP contribution in [0, 0.1) is 6.92 Å². The molecule has 0 saturated carbocycles. The van der Waals surface area contributed by atoms with E-state index in [0.717, 1.165) is 23.0 Å². The van der Waals surface area contributed by atoms with Crippen molar-refractivity contribution < 1.29 is 14.3 Å². The van der Waals surface area contributed by atoms with Crippen molar-refractivity contribution >= 4 is 40.4 Å². The maximum Gasteiger partial charge on any atom is 0.338 e. The van der Waals surface area contributed by atoms with E-state index in [1.54, 1.807) is 11.8 Å². The van der Waals surface area contributed by atoms with E-state index in [-0.39, 0.29) is 33.4 Å². The predicted octanol–water partition coefficient (Wildman–Crippen LogP) is 3.74. The number of nitrogens with zero attached hydrogens (tertiary/aromatic N) is 3. The number of esters is 1. The number of carbonyl (C=O) groups excluding carboxylic acids is 2. The molecule has 0 radical (unpaired) electrons. The number of aromatic nitrogens is 3. The molecule has 2 aromatic carbocycles. The number of hydrogen-bond acceptors (Lipinski definition) is 7. The van der Waals surface area contributed by atoms with Crippen LogP contribution in [-0.2, 0) is 16.1 Å². The highest BCUT2D eigenvalue weighted by Gasteiger charge is 2.20. The van der Waals surface area contributed by atoms with Crippen LogP contribution in [0.3, 0.4) is 0 Å². The number of fused-ring (bicyclic) bond motifs is 1. The Morgan fingerprint density at radius 3 is 2.38 bits per heavy atom. The topological polar surface area (TPSA) is 105 Å². The van der Waals surface area contributed by atoms with Gasteiger partial charge >= 0.3 is 5.97 Å². The Bertz CT molecular complexity index is 1390. The number of methoxy groups -OCH3 is 1. The molecule has 0 fully saturated rings. The number of ether oxygens (including phenoxy) is 1. The average Bonchev–Trinajstić information content (AvgIpc) is 2.85. The molecular weight excluding hydrogens is 452 g/mol. The molecule has 4 rings (SSSR count). The Balaban J connectivity index is 1.60. The van der Waals surface area contributed by atoms with E-state index < -0.39 is 11.5 Å². The quantitative estimate of drug-likeness (QED) is 0.247. The number of rotatable bonds is 7. The van der Waals surface area contributed by atoms with Crippen molar-refractivity contribution in [3.05, 3.63) is 93.9 Å². The Labute approximate surface area is 200 Å². The Kier molecular flexibility index (Phi) is 7.03. The minimum Gasteiger partial charge on any atom is -0.465 e. The number of anilines is 1. The fourth-order valence-electron chi connectivity index (χ4n) is 3.49. The monoisotopic (exact) mass is 474 g/mol. The summed E-state index contributed by atoms with van der Waals surface area (Å²) in [5.41, 5.74) is 2.01. The van der Waals surface area contributed by atoms with Crippen LogP contribution in [0.4, 0.5) is 5.69 Å². The van der Waals surface area contributed by atoms with E-state index in [1.807, 2.05) is 60.7 Å². The molecule has 0 unspecified atom stereocenters.